The molecule has 0 radical (unpaired) electrons. The van der Waals surface area contributed by atoms with Crippen molar-refractivity contribution in [3.8, 4) is 0 Å². The van der Waals surface area contributed by atoms with E-state index in [0.717, 1.165) is 6.42 Å². The summed E-state index contributed by atoms with van der Waals surface area (Å²) in [6.07, 6.45) is 0.367. The van der Waals surface area contributed by atoms with Crippen LogP contribution in [0.3, 0.4) is 0 Å². The number of hydrazine groups is 1. The molecule has 8 heteroatoms. The van der Waals surface area contributed by atoms with Gasteiger partial charge >= 0.3 is 0 Å². The first-order valence-corrected chi connectivity index (χ1v) is 8.31. The average molecular weight is 340 g/mol. The standard InChI is InChI=1S/C16H28N4O4/c1-5-14(17-15(23)8-12(3)21)20-7-6-19(10-11(20)2)18-16(24)9-13(4)22/h11,14H,5-10H2,1-4H3,(H,17,23)(H,18,24). The summed E-state index contributed by atoms with van der Waals surface area (Å²) in [5.74, 6) is -0.893. The second kappa shape index (κ2) is 9.48. The van der Waals surface area contributed by atoms with E-state index < -0.39 is 0 Å². The molecular weight excluding hydrogens is 312 g/mol. The Morgan fingerprint density at radius 3 is 2.12 bits per heavy atom. The zero-order valence-corrected chi connectivity index (χ0v) is 14.9. The van der Waals surface area contributed by atoms with Crippen molar-refractivity contribution in [3.05, 3.63) is 0 Å². The molecule has 8 nitrogen and oxygen atoms in total. The second-order valence-electron chi connectivity index (χ2n) is 6.32. The lowest BCUT2D eigenvalue weighted by molar-refractivity contribution is -0.131. The largest absolute Gasteiger partial charge is 0.340 e. The number of rotatable bonds is 8. The predicted molar refractivity (Wildman–Crippen MR) is 88.7 cm³/mol. The van der Waals surface area contributed by atoms with E-state index in [2.05, 4.69) is 15.6 Å². The van der Waals surface area contributed by atoms with Crippen molar-refractivity contribution < 1.29 is 19.2 Å². The zero-order valence-electron chi connectivity index (χ0n) is 14.9. The first kappa shape index (κ1) is 20.2. The first-order chi connectivity index (χ1) is 11.2. The first-order valence-electron chi connectivity index (χ1n) is 8.31. The van der Waals surface area contributed by atoms with E-state index >= 15 is 0 Å². The Morgan fingerprint density at radius 1 is 1.04 bits per heavy atom. The smallest absolute Gasteiger partial charge is 0.241 e. The molecule has 1 aliphatic rings. The number of carbonyl (C=O) groups excluding carboxylic acids is 4. The van der Waals surface area contributed by atoms with Gasteiger partial charge < -0.3 is 5.32 Å². The molecule has 1 saturated heterocycles. The van der Waals surface area contributed by atoms with Gasteiger partial charge in [-0.05, 0) is 27.2 Å². The summed E-state index contributed by atoms with van der Waals surface area (Å²) in [6.45, 7) is 8.65. The van der Waals surface area contributed by atoms with Gasteiger partial charge in [0.25, 0.3) is 0 Å². The van der Waals surface area contributed by atoms with Gasteiger partial charge in [0, 0.05) is 25.7 Å². The minimum atomic E-state index is -0.301. The van der Waals surface area contributed by atoms with Crippen molar-refractivity contribution in [3.63, 3.8) is 0 Å². The molecule has 1 rings (SSSR count). The monoisotopic (exact) mass is 340 g/mol. The van der Waals surface area contributed by atoms with E-state index in [1.807, 2.05) is 13.8 Å². The molecule has 2 amide bonds. The molecule has 1 fully saturated rings. The lowest BCUT2D eigenvalue weighted by atomic mass is 10.1. The summed E-state index contributed by atoms with van der Waals surface area (Å²) in [7, 11) is 0. The Morgan fingerprint density at radius 2 is 1.62 bits per heavy atom. The van der Waals surface area contributed by atoms with E-state index in [1.54, 1.807) is 5.01 Å². The SMILES string of the molecule is CCC(NC(=O)CC(C)=O)N1CCN(NC(=O)CC(C)=O)CC1C. The van der Waals surface area contributed by atoms with Crippen LogP contribution in [-0.4, -0.2) is 65.1 Å². The molecule has 0 spiro atoms. The topological polar surface area (TPSA) is 98.8 Å². The zero-order chi connectivity index (χ0) is 18.3. The highest BCUT2D eigenvalue weighted by molar-refractivity contribution is 5.97. The molecule has 1 aliphatic heterocycles. The van der Waals surface area contributed by atoms with Crippen LogP contribution in [0.4, 0.5) is 0 Å². The van der Waals surface area contributed by atoms with Gasteiger partial charge in [0.05, 0.1) is 19.0 Å². The average Bonchev–Trinajstić information content (AvgIpc) is 2.43. The number of nitrogens with zero attached hydrogens (tertiary/aromatic N) is 2. The van der Waals surface area contributed by atoms with Gasteiger partial charge in [-0.25, -0.2) is 5.01 Å². The minimum absolute atomic E-state index is 0.105. The highest BCUT2D eigenvalue weighted by Gasteiger charge is 2.30. The fourth-order valence-corrected chi connectivity index (χ4v) is 2.86. The maximum Gasteiger partial charge on any atom is 0.241 e. The number of hydrogen-bond donors (Lipinski definition) is 2. The van der Waals surface area contributed by atoms with E-state index in [0.29, 0.717) is 19.6 Å². The maximum atomic E-state index is 11.8. The third kappa shape index (κ3) is 6.76. The molecule has 24 heavy (non-hydrogen) atoms. The molecule has 2 unspecified atom stereocenters. The molecule has 0 aliphatic carbocycles. The highest BCUT2D eigenvalue weighted by Crippen LogP contribution is 2.13. The van der Waals surface area contributed by atoms with E-state index in [-0.39, 0.29) is 48.4 Å². The number of piperazine rings is 1. The van der Waals surface area contributed by atoms with Crippen molar-refractivity contribution in [2.24, 2.45) is 0 Å². The normalized spacial score (nSPS) is 20.2. The molecule has 1 heterocycles. The fourth-order valence-electron chi connectivity index (χ4n) is 2.86. The quantitative estimate of drug-likeness (QED) is 0.596. The summed E-state index contributed by atoms with van der Waals surface area (Å²) in [5.41, 5.74) is 2.74. The van der Waals surface area contributed by atoms with E-state index in [9.17, 15) is 19.2 Å². The predicted octanol–water partition coefficient (Wildman–Crippen LogP) is -0.166. The number of ketones is 2. The number of carbonyl (C=O) groups is 4. The Balaban J connectivity index is 2.54. The Hall–Kier alpha value is -1.80. The maximum absolute atomic E-state index is 11.8. The highest BCUT2D eigenvalue weighted by atomic mass is 16.2. The molecule has 2 atom stereocenters. The molecule has 0 aromatic rings. The lowest BCUT2D eigenvalue weighted by Crippen LogP contribution is -2.62. The third-order valence-electron chi connectivity index (χ3n) is 3.90. The van der Waals surface area contributed by atoms with Crippen LogP contribution in [0.5, 0.6) is 0 Å². The van der Waals surface area contributed by atoms with Crippen molar-refractivity contribution in [2.45, 2.75) is 59.2 Å². The van der Waals surface area contributed by atoms with Crippen LogP contribution >= 0.6 is 0 Å². The Bertz CT molecular complexity index is 494. The van der Waals surface area contributed by atoms with Gasteiger partial charge in [-0.1, -0.05) is 6.92 Å². The molecule has 0 saturated carbocycles. The Kier molecular flexibility index (Phi) is 8.00. The molecule has 0 bridgehead atoms. The van der Waals surface area contributed by atoms with Crippen LogP contribution in [0.1, 0.15) is 47.0 Å². The number of Topliss-reactive ketones (excluding diaryl/α,β-unsaturated/α-hetero) is 2. The molecular formula is C16H28N4O4. The van der Waals surface area contributed by atoms with Crippen LogP contribution in [0, 0.1) is 0 Å². The van der Waals surface area contributed by atoms with Crippen LogP contribution < -0.4 is 10.7 Å². The van der Waals surface area contributed by atoms with Crippen molar-refractivity contribution >= 4 is 23.4 Å². The molecule has 136 valence electrons. The number of hydrogen-bond acceptors (Lipinski definition) is 6. The number of amides is 2. The summed E-state index contributed by atoms with van der Waals surface area (Å²) in [4.78, 5) is 47.7. The van der Waals surface area contributed by atoms with E-state index in [1.165, 1.54) is 13.8 Å². The minimum Gasteiger partial charge on any atom is -0.340 e. The van der Waals surface area contributed by atoms with Crippen molar-refractivity contribution in [2.75, 3.05) is 19.6 Å². The third-order valence-corrected chi connectivity index (χ3v) is 3.90. The van der Waals surface area contributed by atoms with E-state index in [4.69, 9.17) is 0 Å². The molecule has 2 N–H and O–H groups in total. The summed E-state index contributed by atoms with van der Waals surface area (Å²) in [6, 6.07) is 0.110. The van der Waals surface area contributed by atoms with Gasteiger partial charge in [-0.2, -0.15) is 0 Å². The van der Waals surface area contributed by atoms with Crippen LogP contribution in [0.15, 0.2) is 0 Å². The van der Waals surface area contributed by atoms with Crippen LogP contribution in [-0.2, 0) is 19.2 Å². The second-order valence-corrected chi connectivity index (χ2v) is 6.32. The molecule has 0 aromatic heterocycles. The fraction of sp³-hybridized carbons (Fsp3) is 0.750. The van der Waals surface area contributed by atoms with Crippen molar-refractivity contribution in [1.29, 1.82) is 0 Å². The van der Waals surface area contributed by atoms with Crippen LogP contribution in [0.25, 0.3) is 0 Å². The Labute approximate surface area is 142 Å². The molecule has 0 aromatic carbocycles. The van der Waals surface area contributed by atoms with Gasteiger partial charge in [0.1, 0.15) is 11.6 Å². The number of nitrogens with one attached hydrogen (secondary N) is 2. The van der Waals surface area contributed by atoms with Gasteiger partial charge in [0.15, 0.2) is 0 Å². The van der Waals surface area contributed by atoms with Gasteiger partial charge in [0.2, 0.25) is 11.8 Å². The van der Waals surface area contributed by atoms with Crippen LogP contribution in [0.2, 0.25) is 0 Å². The summed E-state index contributed by atoms with van der Waals surface area (Å²) >= 11 is 0. The summed E-state index contributed by atoms with van der Waals surface area (Å²) < 4.78 is 0. The summed E-state index contributed by atoms with van der Waals surface area (Å²) in [5, 5.41) is 4.70. The van der Waals surface area contributed by atoms with Gasteiger partial charge in [-0.15, -0.1) is 0 Å². The lowest BCUT2D eigenvalue weighted by Gasteiger charge is -2.43. The van der Waals surface area contributed by atoms with Crippen molar-refractivity contribution in [1.82, 2.24) is 20.7 Å². The van der Waals surface area contributed by atoms with Gasteiger partial charge in [-0.3, -0.25) is 29.5 Å².